The quantitative estimate of drug-likeness (QED) is 0.755. The van der Waals surface area contributed by atoms with Crippen LogP contribution in [-0.4, -0.2) is 15.8 Å². The zero-order valence-corrected chi connectivity index (χ0v) is 9.97. The highest BCUT2D eigenvalue weighted by molar-refractivity contribution is 5.95. The second kappa shape index (κ2) is 4.87. The van der Waals surface area contributed by atoms with Crippen LogP contribution in [0.25, 0.3) is 11.4 Å². The van der Waals surface area contributed by atoms with Gasteiger partial charge in [0.2, 0.25) is 0 Å². The van der Waals surface area contributed by atoms with Crippen molar-refractivity contribution in [1.82, 2.24) is 9.97 Å². The van der Waals surface area contributed by atoms with Gasteiger partial charge in [0, 0.05) is 24.4 Å². The fraction of sp³-hybridized carbons (Fsp3) is 0.214. The summed E-state index contributed by atoms with van der Waals surface area (Å²) in [5, 5.41) is 0. The third-order valence-corrected chi connectivity index (χ3v) is 2.58. The lowest BCUT2D eigenvalue weighted by atomic mass is 10.1. The highest BCUT2D eigenvalue weighted by Gasteiger charge is 2.05. The molecule has 0 saturated heterocycles. The standard InChI is InChI=1S/C14H14N2O/c1-3-14(17)11-5-7-13(16-9-11)12-6-4-10(2)8-15-12/h4-9H,3H2,1-2H3. The van der Waals surface area contributed by atoms with Crippen LogP contribution in [0.2, 0.25) is 0 Å². The minimum absolute atomic E-state index is 0.112. The molecule has 0 unspecified atom stereocenters. The Morgan fingerprint density at radius 3 is 2.18 bits per heavy atom. The highest BCUT2D eigenvalue weighted by Crippen LogP contribution is 2.15. The van der Waals surface area contributed by atoms with Crippen molar-refractivity contribution in [3.63, 3.8) is 0 Å². The summed E-state index contributed by atoms with van der Waals surface area (Å²) in [6.07, 6.45) is 3.93. The number of Topliss-reactive ketones (excluding diaryl/α,β-unsaturated/α-hetero) is 1. The van der Waals surface area contributed by atoms with Crippen LogP contribution in [0.4, 0.5) is 0 Å². The third-order valence-electron chi connectivity index (χ3n) is 2.58. The fourth-order valence-electron chi connectivity index (χ4n) is 1.53. The Morgan fingerprint density at radius 2 is 1.71 bits per heavy atom. The van der Waals surface area contributed by atoms with E-state index in [1.807, 2.05) is 38.2 Å². The molecule has 0 radical (unpaired) electrons. The van der Waals surface area contributed by atoms with E-state index in [1.54, 1.807) is 12.3 Å². The highest BCUT2D eigenvalue weighted by atomic mass is 16.1. The van der Waals surface area contributed by atoms with E-state index in [4.69, 9.17) is 0 Å². The van der Waals surface area contributed by atoms with E-state index in [-0.39, 0.29) is 5.78 Å². The maximum absolute atomic E-state index is 11.5. The zero-order valence-electron chi connectivity index (χ0n) is 9.97. The summed E-state index contributed by atoms with van der Waals surface area (Å²) < 4.78 is 0. The average molecular weight is 226 g/mol. The van der Waals surface area contributed by atoms with Crippen LogP contribution < -0.4 is 0 Å². The van der Waals surface area contributed by atoms with Gasteiger partial charge in [-0.3, -0.25) is 14.8 Å². The molecule has 3 heteroatoms. The van der Waals surface area contributed by atoms with Gasteiger partial charge in [-0.25, -0.2) is 0 Å². The van der Waals surface area contributed by atoms with Crippen molar-refractivity contribution in [2.45, 2.75) is 20.3 Å². The predicted octanol–water partition coefficient (Wildman–Crippen LogP) is 3.04. The Bertz CT molecular complexity index is 515. The minimum atomic E-state index is 0.112. The van der Waals surface area contributed by atoms with Crippen LogP contribution in [-0.2, 0) is 0 Å². The topological polar surface area (TPSA) is 42.9 Å². The van der Waals surface area contributed by atoms with E-state index in [0.29, 0.717) is 12.0 Å². The van der Waals surface area contributed by atoms with Gasteiger partial charge in [-0.2, -0.15) is 0 Å². The molecule has 2 heterocycles. The van der Waals surface area contributed by atoms with E-state index >= 15 is 0 Å². The van der Waals surface area contributed by atoms with Gasteiger partial charge < -0.3 is 0 Å². The molecule has 17 heavy (non-hydrogen) atoms. The first-order valence-corrected chi connectivity index (χ1v) is 5.63. The fourth-order valence-corrected chi connectivity index (χ4v) is 1.53. The lowest BCUT2D eigenvalue weighted by Crippen LogP contribution is -1.97. The molecular formula is C14H14N2O. The molecule has 0 amide bonds. The number of hydrogen-bond donors (Lipinski definition) is 0. The zero-order chi connectivity index (χ0) is 12.3. The molecule has 86 valence electrons. The molecule has 0 aliphatic heterocycles. The van der Waals surface area contributed by atoms with E-state index in [2.05, 4.69) is 9.97 Å². The molecule has 0 spiro atoms. The Morgan fingerprint density at radius 1 is 1.06 bits per heavy atom. The normalized spacial score (nSPS) is 10.2. The minimum Gasteiger partial charge on any atom is -0.294 e. The number of nitrogens with zero attached hydrogens (tertiary/aromatic N) is 2. The number of pyridine rings is 2. The number of carbonyl (C=O) groups excluding carboxylic acids is 1. The molecule has 0 fully saturated rings. The maximum atomic E-state index is 11.5. The van der Waals surface area contributed by atoms with Crippen molar-refractivity contribution in [2.75, 3.05) is 0 Å². The van der Waals surface area contributed by atoms with Crippen LogP contribution in [0.15, 0.2) is 36.7 Å². The molecule has 0 aromatic carbocycles. The molecule has 0 aliphatic rings. The Labute approximate surface area is 101 Å². The van der Waals surface area contributed by atoms with Crippen LogP contribution in [0.3, 0.4) is 0 Å². The summed E-state index contributed by atoms with van der Waals surface area (Å²) in [5.74, 6) is 0.112. The summed E-state index contributed by atoms with van der Waals surface area (Å²) in [5.41, 5.74) is 3.39. The van der Waals surface area contributed by atoms with E-state index < -0.39 is 0 Å². The molecular weight excluding hydrogens is 212 g/mol. The SMILES string of the molecule is CCC(=O)c1ccc(-c2ccc(C)cn2)nc1. The maximum Gasteiger partial charge on any atom is 0.164 e. The third kappa shape index (κ3) is 2.56. The largest absolute Gasteiger partial charge is 0.294 e. The predicted molar refractivity (Wildman–Crippen MR) is 66.8 cm³/mol. The second-order valence-electron chi connectivity index (χ2n) is 3.93. The van der Waals surface area contributed by atoms with Gasteiger partial charge in [-0.1, -0.05) is 13.0 Å². The van der Waals surface area contributed by atoms with Gasteiger partial charge in [0.25, 0.3) is 0 Å². The number of hydrogen-bond acceptors (Lipinski definition) is 3. The van der Waals surface area contributed by atoms with Gasteiger partial charge >= 0.3 is 0 Å². The Hall–Kier alpha value is -2.03. The van der Waals surface area contributed by atoms with Crippen molar-refractivity contribution in [2.24, 2.45) is 0 Å². The first kappa shape index (κ1) is 11.5. The van der Waals surface area contributed by atoms with Gasteiger partial charge in [0.1, 0.15) is 0 Å². The smallest absolute Gasteiger partial charge is 0.164 e. The summed E-state index contributed by atoms with van der Waals surface area (Å²) in [6.45, 7) is 3.84. The molecule has 0 N–H and O–H groups in total. The van der Waals surface area contributed by atoms with Crippen molar-refractivity contribution >= 4 is 5.78 Å². The van der Waals surface area contributed by atoms with Crippen molar-refractivity contribution in [3.05, 3.63) is 47.8 Å². The first-order chi connectivity index (χ1) is 8.20. The number of carbonyl (C=O) groups is 1. The summed E-state index contributed by atoms with van der Waals surface area (Å²) in [4.78, 5) is 20.0. The lowest BCUT2D eigenvalue weighted by molar-refractivity contribution is 0.0988. The van der Waals surface area contributed by atoms with Crippen LogP contribution in [0.1, 0.15) is 29.3 Å². The molecule has 2 aromatic heterocycles. The Kier molecular flexibility index (Phi) is 3.28. The number of rotatable bonds is 3. The number of aromatic nitrogens is 2. The number of aryl methyl sites for hydroxylation is 1. The molecule has 0 atom stereocenters. The Balaban J connectivity index is 2.29. The molecule has 2 rings (SSSR count). The molecule has 0 saturated carbocycles. The molecule has 2 aromatic rings. The molecule has 3 nitrogen and oxygen atoms in total. The van der Waals surface area contributed by atoms with Gasteiger partial charge in [-0.05, 0) is 30.7 Å². The molecule has 0 aliphatic carbocycles. The molecule has 0 bridgehead atoms. The first-order valence-electron chi connectivity index (χ1n) is 5.63. The van der Waals surface area contributed by atoms with Crippen molar-refractivity contribution < 1.29 is 4.79 Å². The van der Waals surface area contributed by atoms with E-state index in [1.165, 1.54) is 0 Å². The van der Waals surface area contributed by atoms with Crippen LogP contribution >= 0.6 is 0 Å². The lowest BCUT2D eigenvalue weighted by Gasteiger charge is -2.02. The summed E-state index contributed by atoms with van der Waals surface area (Å²) >= 11 is 0. The second-order valence-corrected chi connectivity index (χ2v) is 3.93. The monoisotopic (exact) mass is 226 g/mol. The van der Waals surface area contributed by atoms with Gasteiger partial charge in [0.05, 0.1) is 11.4 Å². The van der Waals surface area contributed by atoms with E-state index in [0.717, 1.165) is 17.0 Å². The van der Waals surface area contributed by atoms with Crippen molar-refractivity contribution in [3.8, 4) is 11.4 Å². The van der Waals surface area contributed by atoms with Gasteiger partial charge in [0.15, 0.2) is 5.78 Å². The summed E-state index contributed by atoms with van der Waals surface area (Å²) in [7, 11) is 0. The number of ketones is 1. The van der Waals surface area contributed by atoms with Crippen LogP contribution in [0, 0.1) is 6.92 Å². The van der Waals surface area contributed by atoms with Crippen molar-refractivity contribution in [1.29, 1.82) is 0 Å². The average Bonchev–Trinajstić information content (AvgIpc) is 2.39. The summed E-state index contributed by atoms with van der Waals surface area (Å²) in [6, 6.07) is 7.56. The van der Waals surface area contributed by atoms with Crippen LogP contribution in [0.5, 0.6) is 0 Å². The van der Waals surface area contributed by atoms with Gasteiger partial charge in [-0.15, -0.1) is 0 Å². The van der Waals surface area contributed by atoms with E-state index in [9.17, 15) is 4.79 Å².